The number of carbonyl (C=O) groups is 1. The van der Waals surface area contributed by atoms with Crippen LogP contribution < -0.4 is 11.1 Å². The number of anilines is 1. The van der Waals surface area contributed by atoms with Crippen molar-refractivity contribution in [3.8, 4) is 0 Å². The minimum atomic E-state index is -0.759. The van der Waals surface area contributed by atoms with E-state index in [1.54, 1.807) is 0 Å². The number of nitrogens with one attached hydrogen (secondary N) is 1. The van der Waals surface area contributed by atoms with E-state index >= 15 is 0 Å². The highest BCUT2D eigenvalue weighted by molar-refractivity contribution is 5.95. The summed E-state index contributed by atoms with van der Waals surface area (Å²) in [6.07, 6.45) is 3.24. The average molecular weight is 253 g/mol. The van der Waals surface area contributed by atoms with Crippen LogP contribution in [0.2, 0.25) is 0 Å². The monoisotopic (exact) mass is 253 g/mol. The normalized spacial score (nSPS) is 14.0. The van der Waals surface area contributed by atoms with Crippen LogP contribution in [0.3, 0.4) is 0 Å². The van der Waals surface area contributed by atoms with Crippen molar-refractivity contribution in [3.05, 3.63) is 23.6 Å². The van der Waals surface area contributed by atoms with E-state index in [0.717, 1.165) is 12.8 Å². The minimum absolute atomic E-state index is 0.00115. The van der Waals surface area contributed by atoms with Crippen LogP contribution in [0.15, 0.2) is 12.3 Å². The smallest absolute Gasteiger partial charge is 0.254 e. The van der Waals surface area contributed by atoms with Crippen molar-refractivity contribution in [3.63, 3.8) is 0 Å². The lowest BCUT2D eigenvalue weighted by molar-refractivity contribution is 0.0931. The van der Waals surface area contributed by atoms with Crippen molar-refractivity contribution >= 4 is 11.7 Å². The molecule has 0 radical (unpaired) electrons. The Bertz CT molecular complexity index is 423. The highest BCUT2D eigenvalue weighted by Gasteiger charge is 2.17. The first-order valence-corrected chi connectivity index (χ1v) is 6.16. The maximum Gasteiger partial charge on any atom is 0.254 e. The topological polar surface area (TPSA) is 68.0 Å². The van der Waals surface area contributed by atoms with Crippen LogP contribution >= 0.6 is 0 Å². The van der Waals surface area contributed by atoms with Crippen LogP contribution in [0, 0.1) is 11.7 Å². The summed E-state index contributed by atoms with van der Waals surface area (Å²) in [5.41, 5.74) is 5.27. The number of carbonyl (C=O) groups excluding carboxylic acids is 1. The van der Waals surface area contributed by atoms with E-state index in [-0.39, 0.29) is 17.4 Å². The summed E-state index contributed by atoms with van der Waals surface area (Å²) in [5, 5.41) is 2.77. The van der Waals surface area contributed by atoms with Crippen LogP contribution in [0.25, 0.3) is 0 Å². The van der Waals surface area contributed by atoms with E-state index in [2.05, 4.69) is 24.1 Å². The van der Waals surface area contributed by atoms with Gasteiger partial charge >= 0.3 is 0 Å². The number of aromatic nitrogens is 1. The molecule has 0 aliphatic heterocycles. The van der Waals surface area contributed by atoms with E-state index in [1.165, 1.54) is 12.3 Å². The third-order valence-corrected chi connectivity index (χ3v) is 2.99. The molecular formula is C13H20FN3O. The molecule has 0 fully saturated rings. The maximum absolute atomic E-state index is 13.6. The Morgan fingerprint density at radius 2 is 2.22 bits per heavy atom. The lowest BCUT2D eigenvalue weighted by atomic mass is 10.0. The molecule has 1 rings (SSSR count). The van der Waals surface area contributed by atoms with Gasteiger partial charge in [-0.25, -0.2) is 9.37 Å². The van der Waals surface area contributed by atoms with Gasteiger partial charge in [-0.3, -0.25) is 4.79 Å². The van der Waals surface area contributed by atoms with Gasteiger partial charge in [0.25, 0.3) is 5.91 Å². The third-order valence-electron chi connectivity index (χ3n) is 2.99. The Morgan fingerprint density at radius 1 is 1.56 bits per heavy atom. The summed E-state index contributed by atoms with van der Waals surface area (Å²) in [6, 6.07) is 1.33. The van der Waals surface area contributed by atoms with Gasteiger partial charge in [-0.15, -0.1) is 0 Å². The van der Waals surface area contributed by atoms with Crippen molar-refractivity contribution in [1.29, 1.82) is 0 Å². The molecule has 100 valence electrons. The molecule has 3 N–H and O–H groups in total. The molecule has 0 saturated carbocycles. The maximum atomic E-state index is 13.6. The summed E-state index contributed by atoms with van der Waals surface area (Å²) in [4.78, 5) is 15.4. The minimum Gasteiger partial charge on any atom is -0.381 e. The van der Waals surface area contributed by atoms with Gasteiger partial charge in [0.1, 0.15) is 0 Å². The molecule has 2 unspecified atom stereocenters. The predicted molar refractivity (Wildman–Crippen MR) is 69.6 cm³/mol. The number of amides is 1. The number of hydrogen-bond donors (Lipinski definition) is 2. The van der Waals surface area contributed by atoms with E-state index in [0.29, 0.717) is 5.92 Å². The van der Waals surface area contributed by atoms with Gasteiger partial charge in [-0.2, -0.15) is 0 Å². The van der Waals surface area contributed by atoms with Gasteiger partial charge in [0.15, 0.2) is 11.6 Å². The molecule has 0 saturated heterocycles. The molecule has 1 aromatic heterocycles. The average Bonchev–Trinajstić information content (AvgIpc) is 2.32. The number of nitrogen functional groups attached to an aromatic ring is 1. The summed E-state index contributed by atoms with van der Waals surface area (Å²) < 4.78 is 13.6. The van der Waals surface area contributed by atoms with Gasteiger partial charge in [0.2, 0.25) is 0 Å². The highest BCUT2D eigenvalue weighted by Crippen LogP contribution is 2.13. The van der Waals surface area contributed by atoms with Crippen molar-refractivity contribution in [2.75, 3.05) is 5.73 Å². The van der Waals surface area contributed by atoms with E-state index < -0.39 is 11.7 Å². The Hall–Kier alpha value is -1.65. The number of halogens is 1. The first-order chi connectivity index (χ1) is 8.45. The summed E-state index contributed by atoms with van der Waals surface area (Å²) in [6.45, 7) is 6.13. The van der Waals surface area contributed by atoms with E-state index in [4.69, 9.17) is 5.73 Å². The SMILES string of the molecule is CCC(C)CC(C)NC(=O)c1ccnc(N)c1F. The van der Waals surface area contributed by atoms with Crippen molar-refractivity contribution < 1.29 is 9.18 Å². The zero-order valence-corrected chi connectivity index (χ0v) is 11.0. The molecule has 0 aliphatic carbocycles. The van der Waals surface area contributed by atoms with E-state index in [1.807, 2.05) is 6.92 Å². The Balaban J connectivity index is 2.68. The van der Waals surface area contributed by atoms with Gasteiger partial charge in [-0.1, -0.05) is 20.3 Å². The molecule has 2 atom stereocenters. The molecule has 18 heavy (non-hydrogen) atoms. The first-order valence-electron chi connectivity index (χ1n) is 6.16. The molecule has 1 aromatic rings. The van der Waals surface area contributed by atoms with Crippen LogP contribution in [-0.4, -0.2) is 16.9 Å². The zero-order valence-electron chi connectivity index (χ0n) is 11.0. The van der Waals surface area contributed by atoms with Gasteiger partial charge in [-0.05, 0) is 25.3 Å². The third kappa shape index (κ3) is 3.68. The number of nitrogens with zero attached hydrogens (tertiary/aromatic N) is 1. The summed E-state index contributed by atoms with van der Waals surface area (Å²) in [7, 11) is 0. The van der Waals surface area contributed by atoms with Crippen molar-refractivity contribution in [2.24, 2.45) is 5.92 Å². The molecule has 5 heteroatoms. The fourth-order valence-corrected chi connectivity index (χ4v) is 1.77. The standard InChI is InChI=1S/C13H20FN3O/c1-4-8(2)7-9(3)17-13(18)10-5-6-16-12(15)11(10)14/h5-6,8-9H,4,7H2,1-3H3,(H2,15,16)(H,17,18). The second-order valence-electron chi connectivity index (χ2n) is 4.68. The number of rotatable bonds is 5. The molecule has 1 amide bonds. The lowest BCUT2D eigenvalue weighted by Crippen LogP contribution is -2.34. The van der Waals surface area contributed by atoms with Crippen LogP contribution in [0.5, 0.6) is 0 Å². The number of nitrogens with two attached hydrogens (primary N) is 1. The largest absolute Gasteiger partial charge is 0.381 e. The fraction of sp³-hybridized carbons (Fsp3) is 0.538. The molecule has 0 bridgehead atoms. The Kier molecular flexibility index (Phi) is 5.07. The fourth-order valence-electron chi connectivity index (χ4n) is 1.77. The molecule has 1 heterocycles. The van der Waals surface area contributed by atoms with Crippen LogP contribution in [-0.2, 0) is 0 Å². The number of pyridine rings is 1. The molecular weight excluding hydrogens is 233 g/mol. The quantitative estimate of drug-likeness (QED) is 0.846. The van der Waals surface area contributed by atoms with Crippen molar-refractivity contribution in [2.45, 2.75) is 39.7 Å². The Labute approximate surface area is 107 Å². The van der Waals surface area contributed by atoms with Crippen LogP contribution in [0.1, 0.15) is 44.0 Å². The predicted octanol–water partition coefficient (Wildman–Crippen LogP) is 2.36. The zero-order chi connectivity index (χ0) is 13.7. The summed E-state index contributed by atoms with van der Waals surface area (Å²) in [5.74, 6) is -0.937. The molecule has 4 nitrogen and oxygen atoms in total. The summed E-state index contributed by atoms with van der Waals surface area (Å²) >= 11 is 0. The Morgan fingerprint density at radius 3 is 2.83 bits per heavy atom. The van der Waals surface area contributed by atoms with Crippen molar-refractivity contribution in [1.82, 2.24) is 10.3 Å². The number of hydrogen-bond acceptors (Lipinski definition) is 3. The molecule has 0 aromatic carbocycles. The second kappa shape index (κ2) is 6.33. The van der Waals surface area contributed by atoms with E-state index in [9.17, 15) is 9.18 Å². The highest BCUT2D eigenvalue weighted by atomic mass is 19.1. The molecule has 0 aliphatic rings. The van der Waals surface area contributed by atoms with Gasteiger partial charge in [0, 0.05) is 12.2 Å². The van der Waals surface area contributed by atoms with Crippen LogP contribution in [0.4, 0.5) is 10.2 Å². The second-order valence-corrected chi connectivity index (χ2v) is 4.68. The molecule has 0 spiro atoms. The van der Waals surface area contributed by atoms with Gasteiger partial charge < -0.3 is 11.1 Å². The lowest BCUT2D eigenvalue weighted by Gasteiger charge is -2.17. The van der Waals surface area contributed by atoms with Gasteiger partial charge in [0.05, 0.1) is 5.56 Å². The first kappa shape index (κ1) is 14.4.